The third kappa shape index (κ3) is 1.60. The smallest absolute Gasteiger partial charge is 0.0972 e. The zero-order valence-corrected chi connectivity index (χ0v) is 14.0. The Kier molecular flexibility index (Phi) is 2.74. The molecule has 2 saturated carbocycles. The summed E-state index contributed by atoms with van der Waals surface area (Å²) in [7, 11) is 1.82. The minimum Gasteiger partial charge on any atom is -0.501 e. The van der Waals surface area contributed by atoms with Crippen molar-refractivity contribution < 1.29 is 9.47 Å². The summed E-state index contributed by atoms with van der Waals surface area (Å²) in [5, 5.41) is 0. The molecule has 1 saturated heterocycles. The first-order chi connectivity index (χ1) is 10.7. The lowest BCUT2D eigenvalue weighted by Gasteiger charge is -2.51. The Bertz CT molecular complexity index is 568. The lowest BCUT2D eigenvalue weighted by Crippen LogP contribution is -2.46. The maximum atomic E-state index is 6.01. The zero-order valence-electron chi connectivity index (χ0n) is 14.0. The molecule has 0 N–H and O–H groups in total. The SMILES string of the molecule is COC1=CCC2=C(CC[C@@H]3[C@@H]2CC[C@@]2(C)[C@H]3CC[C@@]23CO3)C1. The van der Waals surface area contributed by atoms with E-state index in [-0.39, 0.29) is 0 Å². The number of epoxide rings is 1. The number of ether oxygens (including phenoxy) is 2. The van der Waals surface area contributed by atoms with Crippen molar-refractivity contribution in [1.82, 2.24) is 0 Å². The van der Waals surface area contributed by atoms with Gasteiger partial charge in [-0.15, -0.1) is 0 Å². The normalized spacial score (nSPS) is 49.4. The molecule has 120 valence electrons. The number of hydrogen-bond donors (Lipinski definition) is 0. The summed E-state index contributed by atoms with van der Waals surface area (Å²) in [6, 6.07) is 0. The molecular formula is C20H28O2. The fraction of sp³-hybridized carbons (Fsp3) is 0.800. The van der Waals surface area contributed by atoms with Crippen molar-refractivity contribution in [3.63, 3.8) is 0 Å². The minimum atomic E-state index is 0.299. The zero-order chi connectivity index (χ0) is 14.9. The van der Waals surface area contributed by atoms with Crippen molar-refractivity contribution >= 4 is 0 Å². The highest BCUT2D eigenvalue weighted by atomic mass is 16.6. The van der Waals surface area contributed by atoms with E-state index in [1.807, 2.05) is 7.11 Å². The van der Waals surface area contributed by atoms with Gasteiger partial charge in [-0.3, -0.25) is 0 Å². The van der Waals surface area contributed by atoms with E-state index in [0.29, 0.717) is 11.0 Å². The average molecular weight is 300 g/mol. The molecule has 0 unspecified atom stereocenters. The molecule has 2 nitrogen and oxygen atoms in total. The van der Waals surface area contributed by atoms with Crippen LogP contribution in [0.25, 0.3) is 0 Å². The van der Waals surface area contributed by atoms with Gasteiger partial charge in [-0.1, -0.05) is 18.1 Å². The molecular weight excluding hydrogens is 272 g/mol. The summed E-state index contributed by atoms with van der Waals surface area (Å²) in [6.45, 7) is 3.60. The summed E-state index contributed by atoms with van der Waals surface area (Å²) >= 11 is 0. The van der Waals surface area contributed by atoms with Crippen molar-refractivity contribution in [2.75, 3.05) is 13.7 Å². The highest BCUT2D eigenvalue weighted by Crippen LogP contribution is 2.68. The van der Waals surface area contributed by atoms with Gasteiger partial charge in [-0.25, -0.2) is 0 Å². The number of rotatable bonds is 1. The lowest BCUT2D eigenvalue weighted by molar-refractivity contribution is -0.000108. The molecule has 1 aliphatic heterocycles. The Morgan fingerprint density at radius 3 is 2.86 bits per heavy atom. The molecule has 0 aromatic carbocycles. The first-order valence-electron chi connectivity index (χ1n) is 9.25. The Hall–Kier alpha value is -0.760. The van der Waals surface area contributed by atoms with E-state index in [2.05, 4.69) is 13.0 Å². The highest BCUT2D eigenvalue weighted by Gasteiger charge is 2.68. The lowest BCUT2D eigenvalue weighted by atomic mass is 9.53. The third-order valence-electron chi connectivity index (χ3n) is 8.10. The molecule has 3 fully saturated rings. The monoisotopic (exact) mass is 300 g/mol. The van der Waals surface area contributed by atoms with Gasteiger partial charge >= 0.3 is 0 Å². The highest BCUT2D eigenvalue weighted by molar-refractivity contribution is 5.33. The Morgan fingerprint density at radius 2 is 2.09 bits per heavy atom. The van der Waals surface area contributed by atoms with Gasteiger partial charge in [0.25, 0.3) is 0 Å². The summed E-state index contributed by atoms with van der Waals surface area (Å²) in [5.74, 6) is 3.91. The van der Waals surface area contributed by atoms with E-state index >= 15 is 0 Å². The van der Waals surface area contributed by atoms with Crippen molar-refractivity contribution in [2.45, 2.75) is 63.9 Å². The van der Waals surface area contributed by atoms with Crippen LogP contribution in [-0.4, -0.2) is 19.3 Å². The van der Waals surface area contributed by atoms with Gasteiger partial charge in [0.05, 0.1) is 25.1 Å². The van der Waals surface area contributed by atoms with E-state index in [1.54, 1.807) is 11.1 Å². The molecule has 22 heavy (non-hydrogen) atoms. The number of fused-ring (bicyclic) bond motifs is 5. The largest absolute Gasteiger partial charge is 0.501 e. The predicted octanol–water partition coefficient (Wildman–Crippen LogP) is 4.61. The van der Waals surface area contributed by atoms with Crippen molar-refractivity contribution in [1.29, 1.82) is 0 Å². The minimum absolute atomic E-state index is 0.299. The van der Waals surface area contributed by atoms with Crippen LogP contribution in [0.15, 0.2) is 23.0 Å². The second-order valence-corrected chi connectivity index (χ2v) is 8.58. The molecule has 5 atom stereocenters. The van der Waals surface area contributed by atoms with E-state index in [0.717, 1.165) is 37.2 Å². The first-order valence-corrected chi connectivity index (χ1v) is 9.25. The topological polar surface area (TPSA) is 21.8 Å². The van der Waals surface area contributed by atoms with Gasteiger partial charge in [-0.2, -0.15) is 0 Å². The Labute approximate surface area is 133 Å². The van der Waals surface area contributed by atoms with Gasteiger partial charge in [-0.05, 0) is 68.8 Å². The third-order valence-corrected chi connectivity index (χ3v) is 8.10. The van der Waals surface area contributed by atoms with Crippen molar-refractivity contribution in [3.8, 4) is 0 Å². The summed E-state index contributed by atoms with van der Waals surface area (Å²) in [5.41, 5.74) is 4.30. The van der Waals surface area contributed by atoms with Crippen LogP contribution >= 0.6 is 0 Å². The first kappa shape index (κ1) is 13.7. The maximum Gasteiger partial charge on any atom is 0.0972 e. The van der Waals surface area contributed by atoms with Crippen LogP contribution in [-0.2, 0) is 9.47 Å². The van der Waals surface area contributed by atoms with Crippen molar-refractivity contribution in [3.05, 3.63) is 23.0 Å². The molecule has 0 bridgehead atoms. The van der Waals surface area contributed by atoms with Crippen molar-refractivity contribution in [2.24, 2.45) is 23.2 Å². The summed E-state index contributed by atoms with van der Waals surface area (Å²) < 4.78 is 11.5. The Morgan fingerprint density at radius 1 is 1.23 bits per heavy atom. The summed E-state index contributed by atoms with van der Waals surface area (Å²) in [4.78, 5) is 0. The van der Waals surface area contributed by atoms with Gasteiger partial charge in [0.15, 0.2) is 0 Å². The molecule has 0 aromatic rings. The van der Waals surface area contributed by atoms with E-state index < -0.39 is 0 Å². The van der Waals surface area contributed by atoms with Crippen LogP contribution in [0.1, 0.15) is 58.3 Å². The number of hydrogen-bond acceptors (Lipinski definition) is 2. The average Bonchev–Trinajstić information content (AvgIpc) is 3.28. The predicted molar refractivity (Wildman–Crippen MR) is 86.3 cm³/mol. The van der Waals surface area contributed by atoms with Crippen LogP contribution in [0, 0.1) is 23.2 Å². The molecule has 5 rings (SSSR count). The molecule has 1 heterocycles. The van der Waals surface area contributed by atoms with E-state index in [9.17, 15) is 0 Å². The molecule has 1 spiro atoms. The molecule has 0 aromatic heterocycles. The van der Waals surface area contributed by atoms with Gasteiger partial charge in [0, 0.05) is 11.8 Å². The van der Waals surface area contributed by atoms with Crippen LogP contribution in [0.4, 0.5) is 0 Å². The van der Waals surface area contributed by atoms with Gasteiger partial charge in [0.2, 0.25) is 0 Å². The van der Waals surface area contributed by atoms with Gasteiger partial charge < -0.3 is 9.47 Å². The standard InChI is InChI=1S/C20H28O2/c1-19-9-7-16-15-6-4-14(21-2)11-13(15)3-5-17(16)18(19)8-10-20(19)12-22-20/h4,16-18H,3,5-12H2,1-2H3/t16-,17-,18+,19+,20-/m1/s1. The van der Waals surface area contributed by atoms with Crippen LogP contribution in [0.3, 0.4) is 0 Å². The molecule has 4 aliphatic carbocycles. The molecule has 0 radical (unpaired) electrons. The van der Waals surface area contributed by atoms with Crippen LogP contribution in [0.2, 0.25) is 0 Å². The molecule has 5 aliphatic rings. The quantitative estimate of drug-likeness (QED) is 0.521. The van der Waals surface area contributed by atoms with E-state index in [1.165, 1.54) is 44.3 Å². The maximum absolute atomic E-state index is 6.01. The van der Waals surface area contributed by atoms with Gasteiger partial charge in [0.1, 0.15) is 0 Å². The number of methoxy groups -OCH3 is 1. The fourth-order valence-corrected chi connectivity index (χ4v) is 6.70. The van der Waals surface area contributed by atoms with E-state index in [4.69, 9.17) is 9.47 Å². The molecule has 2 heteroatoms. The fourth-order valence-electron chi connectivity index (χ4n) is 6.70. The van der Waals surface area contributed by atoms with Crippen LogP contribution < -0.4 is 0 Å². The molecule has 0 amide bonds. The second kappa shape index (κ2) is 4.41. The Balaban J connectivity index is 1.44. The second-order valence-electron chi connectivity index (χ2n) is 8.58. The van der Waals surface area contributed by atoms with Crippen LogP contribution in [0.5, 0.6) is 0 Å². The summed E-state index contributed by atoms with van der Waals surface area (Å²) in [6.07, 6.45) is 12.9. The number of allylic oxidation sites excluding steroid dienone is 3.